The first-order valence-electron chi connectivity index (χ1n) is 6.66. The van der Waals surface area contributed by atoms with E-state index in [0.29, 0.717) is 30.2 Å². The molecule has 0 atom stereocenters. The smallest absolute Gasteiger partial charge is 0.240 e. The topological polar surface area (TPSA) is 58.6 Å². The van der Waals surface area contributed by atoms with E-state index in [0.717, 1.165) is 11.3 Å². The SMILES string of the molecule is CCOc1cc(C)c(S(=O)(=O)NCCN(C)C)cc1C. The van der Waals surface area contributed by atoms with Crippen LogP contribution in [0, 0.1) is 13.8 Å². The lowest BCUT2D eigenvalue weighted by Gasteiger charge is -2.15. The quantitative estimate of drug-likeness (QED) is 0.830. The monoisotopic (exact) mass is 300 g/mol. The lowest BCUT2D eigenvalue weighted by atomic mass is 10.1. The van der Waals surface area contributed by atoms with Crippen molar-refractivity contribution in [1.82, 2.24) is 9.62 Å². The molecule has 20 heavy (non-hydrogen) atoms. The number of hydrogen-bond acceptors (Lipinski definition) is 4. The highest BCUT2D eigenvalue weighted by atomic mass is 32.2. The lowest BCUT2D eigenvalue weighted by Crippen LogP contribution is -2.31. The maximum Gasteiger partial charge on any atom is 0.240 e. The predicted octanol–water partition coefficient (Wildman–Crippen LogP) is 1.54. The molecule has 0 fully saturated rings. The van der Waals surface area contributed by atoms with E-state index in [1.165, 1.54) is 0 Å². The third kappa shape index (κ3) is 4.47. The number of hydrogen-bond donors (Lipinski definition) is 1. The van der Waals surface area contributed by atoms with Crippen molar-refractivity contribution < 1.29 is 13.2 Å². The van der Waals surface area contributed by atoms with E-state index < -0.39 is 10.0 Å². The molecular weight excluding hydrogens is 276 g/mol. The maximum absolute atomic E-state index is 12.3. The van der Waals surface area contributed by atoms with Crippen LogP contribution >= 0.6 is 0 Å². The average Bonchev–Trinajstić information content (AvgIpc) is 2.32. The van der Waals surface area contributed by atoms with Crippen molar-refractivity contribution >= 4 is 10.0 Å². The Morgan fingerprint density at radius 3 is 2.40 bits per heavy atom. The normalized spacial score (nSPS) is 11.9. The molecule has 0 spiro atoms. The van der Waals surface area contributed by atoms with Gasteiger partial charge in [-0.3, -0.25) is 0 Å². The molecule has 0 bridgehead atoms. The van der Waals surface area contributed by atoms with Gasteiger partial charge in [-0.2, -0.15) is 0 Å². The van der Waals surface area contributed by atoms with Crippen LogP contribution in [0.3, 0.4) is 0 Å². The first-order valence-corrected chi connectivity index (χ1v) is 8.14. The number of nitrogens with zero attached hydrogens (tertiary/aromatic N) is 1. The van der Waals surface area contributed by atoms with Crippen molar-refractivity contribution in [1.29, 1.82) is 0 Å². The first-order chi connectivity index (χ1) is 9.27. The molecule has 0 unspecified atom stereocenters. The van der Waals surface area contributed by atoms with E-state index in [4.69, 9.17) is 4.74 Å². The van der Waals surface area contributed by atoms with E-state index in [2.05, 4.69) is 4.72 Å². The fourth-order valence-corrected chi connectivity index (χ4v) is 3.18. The number of sulfonamides is 1. The minimum atomic E-state index is -3.47. The second-order valence-corrected chi connectivity index (χ2v) is 6.75. The predicted molar refractivity (Wildman–Crippen MR) is 80.8 cm³/mol. The molecule has 1 rings (SSSR count). The van der Waals surface area contributed by atoms with Crippen molar-refractivity contribution in [3.8, 4) is 5.75 Å². The van der Waals surface area contributed by atoms with E-state index >= 15 is 0 Å². The van der Waals surface area contributed by atoms with Gasteiger partial charge in [-0.15, -0.1) is 0 Å². The van der Waals surface area contributed by atoms with Gasteiger partial charge in [0.15, 0.2) is 0 Å². The Balaban J connectivity index is 2.98. The van der Waals surface area contributed by atoms with Crippen LogP contribution in [0.1, 0.15) is 18.1 Å². The Hall–Kier alpha value is -1.11. The molecular formula is C14H24N2O3S. The van der Waals surface area contributed by atoms with Crippen LogP contribution in [0.15, 0.2) is 17.0 Å². The number of aryl methyl sites for hydroxylation is 2. The molecule has 0 aliphatic rings. The summed E-state index contributed by atoms with van der Waals surface area (Å²) in [6, 6.07) is 3.44. The largest absolute Gasteiger partial charge is 0.494 e. The fourth-order valence-electron chi connectivity index (χ4n) is 1.85. The molecule has 0 radical (unpaired) electrons. The van der Waals surface area contributed by atoms with Gasteiger partial charge < -0.3 is 9.64 Å². The Morgan fingerprint density at radius 2 is 1.85 bits per heavy atom. The minimum Gasteiger partial charge on any atom is -0.494 e. The summed E-state index contributed by atoms with van der Waals surface area (Å²) >= 11 is 0. The van der Waals surface area contributed by atoms with Crippen LogP contribution in [-0.2, 0) is 10.0 Å². The Bertz CT molecular complexity index is 554. The molecule has 6 heteroatoms. The number of ether oxygens (including phenoxy) is 1. The summed E-state index contributed by atoms with van der Waals surface area (Å²) in [5, 5.41) is 0. The van der Waals surface area contributed by atoms with Gasteiger partial charge in [-0.1, -0.05) is 0 Å². The second-order valence-electron chi connectivity index (χ2n) is 5.02. The molecule has 0 aromatic heterocycles. The molecule has 114 valence electrons. The third-order valence-corrected chi connectivity index (χ3v) is 4.52. The first kappa shape index (κ1) is 16.9. The fraction of sp³-hybridized carbons (Fsp3) is 0.571. The van der Waals surface area contributed by atoms with Gasteiger partial charge in [0.1, 0.15) is 5.75 Å². The zero-order valence-corrected chi connectivity index (χ0v) is 13.7. The highest BCUT2D eigenvalue weighted by Crippen LogP contribution is 2.25. The van der Waals surface area contributed by atoms with Crippen molar-refractivity contribution in [3.05, 3.63) is 23.3 Å². The summed E-state index contributed by atoms with van der Waals surface area (Å²) in [6.45, 7) is 7.15. The summed E-state index contributed by atoms with van der Waals surface area (Å²) in [5.74, 6) is 0.734. The molecule has 0 saturated carbocycles. The molecule has 0 saturated heterocycles. The standard InChI is InChI=1S/C14H24N2O3S/c1-6-19-13-9-12(3)14(10-11(13)2)20(17,18)15-7-8-16(4)5/h9-10,15H,6-8H2,1-5H3. The van der Waals surface area contributed by atoms with E-state index in [-0.39, 0.29) is 0 Å². The highest BCUT2D eigenvalue weighted by Gasteiger charge is 2.18. The summed E-state index contributed by atoms with van der Waals surface area (Å²) in [4.78, 5) is 2.25. The number of rotatable bonds is 7. The molecule has 1 aromatic rings. The van der Waals surface area contributed by atoms with Gasteiger partial charge in [0, 0.05) is 13.1 Å². The van der Waals surface area contributed by atoms with Gasteiger partial charge in [0.2, 0.25) is 10.0 Å². The lowest BCUT2D eigenvalue weighted by molar-refractivity contribution is 0.337. The van der Waals surface area contributed by atoms with Crippen LogP contribution in [-0.4, -0.2) is 47.1 Å². The van der Waals surface area contributed by atoms with Crippen LogP contribution < -0.4 is 9.46 Å². The second kappa shape index (κ2) is 7.06. The molecule has 0 heterocycles. The van der Waals surface area contributed by atoms with Crippen LogP contribution in [0.5, 0.6) is 5.75 Å². The Kier molecular flexibility index (Phi) is 5.98. The molecule has 0 aliphatic heterocycles. The molecule has 0 aliphatic carbocycles. The van der Waals surface area contributed by atoms with Crippen molar-refractivity contribution in [2.24, 2.45) is 0 Å². The minimum absolute atomic E-state index is 0.317. The van der Waals surface area contributed by atoms with Crippen LogP contribution in [0.25, 0.3) is 0 Å². The number of likely N-dealkylation sites (N-methyl/N-ethyl adjacent to an activating group) is 1. The third-order valence-electron chi connectivity index (χ3n) is 2.91. The van der Waals surface area contributed by atoms with Crippen LogP contribution in [0.4, 0.5) is 0 Å². The van der Waals surface area contributed by atoms with Gasteiger partial charge in [-0.05, 0) is 58.1 Å². The maximum atomic E-state index is 12.3. The zero-order valence-electron chi connectivity index (χ0n) is 12.9. The van der Waals surface area contributed by atoms with Gasteiger partial charge in [-0.25, -0.2) is 13.1 Å². The number of nitrogens with one attached hydrogen (secondary N) is 1. The average molecular weight is 300 g/mol. The Morgan fingerprint density at radius 1 is 1.20 bits per heavy atom. The molecule has 1 aromatic carbocycles. The molecule has 1 N–H and O–H groups in total. The van der Waals surface area contributed by atoms with Gasteiger partial charge in [0.05, 0.1) is 11.5 Å². The summed E-state index contributed by atoms with van der Waals surface area (Å²) < 4.78 is 32.7. The molecule has 5 nitrogen and oxygen atoms in total. The molecule has 0 amide bonds. The summed E-state index contributed by atoms with van der Waals surface area (Å²) in [5.41, 5.74) is 1.52. The van der Waals surface area contributed by atoms with Gasteiger partial charge in [0.25, 0.3) is 0 Å². The Labute approximate surface area is 122 Å². The summed E-state index contributed by atoms with van der Waals surface area (Å²) in [6.07, 6.45) is 0. The van der Waals surface area contributed by atoms with E-state index in [9.17, 15) is 8.42 Å². The van der Waals surface area contributed by atoms with Crippen molar-refractivity contribution in [2.75, 3.05) is 33.8 Å². The van der Waals surface area contributed by atoms with Crippen LogP contribution in [0.2, 0.25) is 0 Å². The zero-order chi connectivity index (χ0) is 15.3. The highest BCUT2D eigenvalue weighted by molar-refractivity contribution is 7.89. The van der Waals surface area contributed by atoms with E-state index in [1.54, 1.807) is 19.1 Å². The van der Waals surface area contributed by atoms with Gasteiger partial charge >= 0.3 is 0 Å². The van der Waals surface area contributed by atoms with E-state index in [1.807, 2.05) is 32.8 Å². The van der Waals surface area contributed by atoms with Crippen molar-refractivity contribution in [2.45, 2.75) is 25.7 Å². The number of benzene rings is 1. The van der Waals surface area contributed by atoms with Crippen molar-refractivity contribution in [3.63, 3.8) is 0 Å². The summed E-state index contributed by atoms with van der Waals surface area (Å²) in [7, 11) is 0.334.